The van der Waals surface area contributed by atoms with Crippen molar-refractivity contribution in [1.82, 2.24) is 0 Å². The Kier molecular flexibility index (Phi) is 6.79. The molecule has 9 heteroatoms. The van der Waals surface area contributed by atoms with E-state index in [1.165, 1.54) is 42.5 Å². The van der Waals surface area contributed by atoms with Gasteiger partial charge in [0.2, 0.25) is 0 Å². The number of para-hydroxylation sites is 2. The SMILES string of the molecule is O=C(O)c1ccccc1NC(=O)c1ccccc1S(=O)(=O)Nc1ccc(Oc2ccccc2)cc1. The number of carbonyl (C=O) groups is 2. The smallest absolute Gasteiger partial charge is 0.337 e. The van der Waals surface area contributed by atoms with Crippen molar-refractivity contribution >= 4 is 33.3 Å². The van der Waals surface area contributed by atoms with Crippen molar-refractivity contribution < 1.29 is 27.9 Å². The highest BCUT2D eigenvalue weighted by molar-refractivity contribution is 7.92. The van der Waals surface area contributed by atoms with Crippen molar-refractivity contribution in [2.45, 2.75) is 4.90 Å². The van der Waals surface area contributed by atoms with Crippen molar-refractivity contribution in [2.24, 2.45) is 0 Å². The first-order chi connectivity index (χ1) is 16.8. The Morgan fingerprint density at radius 1 is 0.686 bits per heavy atom. The second-order valence-electron chi connectivity index (χ2n) is 7.35. The number of amides is 1. The van der Waals surface area contributed by atoms with E-state index in [2.05, 4.69) is 10.0 Å². The van der Waals surface area contributed by atoms with Crippen molar-refractivity contribution in [3.63, 3.8) is 0 Å². The summed E-state index contributed by atoms with van der Waals surface area (Å²) >= 11 is 0. The molecule has 0 aliphatic rings. The highest BCUT2D eigenvalue weighted by atomic mass is 32.2. The van der Waals surface area contributed by atoms with Gasteiger partial charge in [-0.25, -0.2) is 13.2 Å². The number of benzene rings is 4. The summed E-state index contributed by atoms with van der Waals surface area (Å²) in [5.74, 6) is -0.810. The third-order valence-corrected chi connectivity index (χ3v) is 6.35. The predicted octanol–water partition coefficient (Wildman–Crippen LogP) is 5.23. The minimum atomic E-state index is -4.15. The average Bonchev–Trinajstić information content (AvgIpc) is 2.86. The van der Waals surface area contributed by atoms with E-state index in [9.17, 15) is 23.1 Å². The number of anilines is 2. The first kappa shape index (κ1) is 23.5. The van der Waals surface area contributed by atoms with Crippen LogP contribution in [-0.2, 0) is 10.0 Å². The molecule has 0 unspecified atom stereocenters. The maximum Gasteiger partial charge on any atom is 0.337 e. The number of carboxylic acid groups (broad SMARTS) is 1. The lowest BCUT2D eigenvalue weighted by Gasteiger charge is -2.14. The predicted molar refractivity (Wildman–Crippen MR) is 132 cm³/mol. The summed E-state index contributed by atoms with van der Waals surface area (Å²) in [4.78, 5) is 24.1. The second-order valence-corrected chi connectivity index (χ2v) is 9.00. The van der Waals surface area contributed by atoms with E-state index < -0.39 is 21.9 Å². The molecule has 35 heavy (non-hydrogen) atoms. The number of carbonyl (C=O) groups excluding carboxylic acids is 1. The molecular weight excluding hydrogens is 468 g/mol. The molecule has 3 N–H and O–H groups in total. The molecule has 1 amide bonds. The van der Waals surface area contributed by atoms with Crippen LogP contribution in [0.3, 0.4) is 0 Å². The summed E-state index contributed by atoms with van der Waals surface area (Å²) in [6.07, 6.45) is 0. The number of ether oxygens (including phenoxy) is 1. The number of carboxylic acids is 1. The molecule has 0 bridgehead atoms. The molecule has 0 atom stereocenters. The molecule has 4 aromatic carbocycles. The van der Waals surface area contributed by atoms with E-state index in [-0.39, 0.29) is 27.4 Å². The van der Waals surface area contributed by atoms with Crippen LogP contribution >= 0.6 is 0 Å². The van der Waals surface area contributed by atoms with E-state index in [0.717, 1.165) is 0 Å². The monoisotopic (exact) mass is 488 g/mol. The quantitative estimate of drug-likeness (QED) is 0.312. The van der Waals surface area contributed by atoms with Crippen LogP contribution in [0, 0.1) is 0 Å². The molecule has 0 aliphatic heterocycles. The van der Waals surface area contributed by atoms with E-state index in [4.69, 9.17) is 4.74 Å². The third-order valence-electron chi connectivity index (χ3n) is 4.91. The second kappa shape index (κ2) is 10.1. The zero-order valence-corrected chi connectivity index (χ0v) is 19.0. The van der Waals surface area contributed by atoms with Crippen LogP contribution in [0.25, 0.3) is 0 Å². The summed E-state index contributed by atoms with van der Waals surface area (Å²) in [6.45, 7) is 0. The van der Waals surface area contributed by atoms with E-state index in [1.807, 2.05) is 18.2 Å². The van der Waals surface area contributed by atoms with Crippen molar-refractivity contribution in [3.05, 3.63) is 114 Å². The van der Waals surface area contributed by atoms with Gasteiger partial charge in [-0.05, 0) is 60.7 Å². The van der Waals surface area contributed by atoms with Gasteiger partial charge in [0.25, 0.3) is 15.9 Å². The molecular formula is C26H20N2O6S. The molecule has 176 valence electrons. The first-order valence-electron chi connectivity index (χ1n) is 10.4. The van der Waals surface area contributed by atoms with Crippen LogP contribution < -0.4 is 14.8 Å². The van der Waals surface area contributed by atoms with Gasteiger partial charge in [-0.3, -0.25) is 9.52 Å². The van der Waals surface area contributed by atoms with Gasteiger partial charge in [-0.1, -0.05) is 42.5 Å². The lowest BCUT2D eigenvalue weighted by atomic mass is 10.1. The van der Waals surface area contributed by atoms with Gasteiger partial charge in [0.1, 0.15) is 16.4 Å². The Hall–Kier alpha value is -4.63. The molecule has 0 radical (unpaired) electrons. The van der Waals surface area contributed by atoms with Crippen LogP contribution in [-0.4, -0.2) is 25.4 Å². The fraction of sp³-hybridized carbons (Fsp3) is 0. The van der Waals surface area contributed by atoms with Crippen LogP contribution in [0.15, 0.2) is 108 Å². The third kappa shape index (κ3) is 5.66. The summed E-state index contributed by atoms with van der Waals surface area (Å²) in [6, 6.07) is 27.0. The largest absolute Gasteiger partial charge is 0.478 e. The molecule has 4 rings (SSSR count). The maximum atomic E-state index is 13.1. The van der Waals surface area contributed by atoms with Crippen molar-refractivity contribution in [1.29, 1.82) is 0 Å². The molecule has 0 saturated carbocycles. The van der Waals surface area contributed by atoms with Gasteiger partial charge in [0, 0.05) is 5.69 Å². The van der Waals surface area contributed by atoms with Crippen LogP contribution in [0.1, 0.15) is 20.7 Å². The average molecular weight is 489 g/mol. The minimum absolute atomic E-state index is 0.0548. The van der Waals surface area contributed by atoms with E-state index in [1.54, 1.807) is 42.5 Å². The first-order valence-corrected chi connectivity index (χ1v) is 11.9. The number of aromatic carboxylic acids is 1. The molecule has 4 aromatic rings. The Bertz CT molecular complexity index is 1470. The molecule has 0 saturated heterocycles. The maximum absolute atomic E-state index is 13.1. The number of sulfonamides is 1. The molecule has 8 nitrogen and oxygen atoms in total. The Morgan fingerprint density at radius 3 is 1.94 bits per heavy atom. The highest BCUT2D eigenvalue weighted by Crippen LogP contribution is 2.25. The van der Waals surface area contributed by atoms with Crippen molar-refractivity contribution in [2.75, 3.05) is 10.0 Å². The highest BCUT2D eigenvalue weighted by Gasteiger charge is 2.23. The van der Waals surface area contributed by atoms with Crippen LogP contribution in [0.5, 0.6) is 11.5 Å². The lowest BCUT2D eigenvalue weighted by Crippen LogP contribution is -2.21. The fourth-order valence-corrected chi connectivity index (χ4v) is 4.55. The van der Waals surface area contributed by atoms with Gasteiger partial charge in [-0.15, -0.1) is 0 Å². The van der Waals surface area contributed by atoms with Crippen LogP contribution in [0.4, 0.5) is 11.4 Å². The van der Waals surface area contributed by atoms with E-state index in [0.29, 0.717) is 11.5 Å². The molecule has 0 aliphatic carbocycles. The lowest BCUT2D eigenvalue weighted by molar-refractivity contribution is 0.0698. The Labute approximate surface area is 201 Å². The summed E-state index contributed by atoms with van der Waals surface area (Å²) in [5, 5.41) is 11.8. The van der Waals surface area contributed by atoms with Gasteiger partial charge in [0.15, 0.2) is 0 Å². The summed E-state index contributed by atoms with van der Waals surface area (Å²) in [7, 11) is -4.15. The van der Waals surface area contributed by atoms with Crippen LogP contribution in [0.2, 0.25) is 0 Å². The minimum Gasteiger partial charge on any atom is -0.478 e. The molecule has 0 aromatic heterocycles. The van der Waals surface area contributed by atoms with Gasteiger partial charge >= 0.3 is 5.97 Å². The normalized spacial score (nSPS) is 10.9. The molecule has 0 heterocycles. The molecule has 0 spiro atoms. The number of hydrogen-bond donors (Lipinski definition) is 3. The standard InChI is InChI=1S/C26H20N2O6S/c29-25(27-23-12-6-4-10-21(23)26(30)31)22-11-5-7-13-24(22)35(32,33)28-18-14-16-20(17-15-18)34-19-8-2-1-3-9-19/h1-17,28H,(H,27,29)(H,30,31). The Morgan fingerprint density at radius 2 is 1.26 bits per heavy atom. The van der Waals surface area contributed by atoms with E-state index >= 15 is 0 Å². The van der Waals surface area contributed by atoms with Gasteiger partial charge in [-0.2, -0.15) is 0 Å². The zero-order chi connectivity index (χ0) is 24.8. The summed E-state index contributed by atoms with van der Waals surface area (Å²) in [5.41, 5.74) is 0.0809. The fourth-order valence-electron chi connectivity index (χ4n) is 3.28. The zero-order valence-electron chi connectivity index (χ0n) is 18.2. The van der Waals surface area contributed by atoms with Gasteiger partial charge < -0.3 is 15.2 Å². The number of rotatable bonds is 8. The molecule has 0 fully saturated rings. The van der Waals surface area contributed by atoms with Crippen molar-refractivity contribution in [3.8, 4) is 11.5 Å². The Balaban J connectivity index is 1.54. The summed E-state index contributed by atoms with van der Waals surface area (Å²) < 4.78 is 34.4. The topological polar surface area (TPSA) is 122 Å². The van der Waals surface area contributed by atoms with Gasteiger partial charge in [0.05, 0.1) is 16.8 Å². The number of hydrogen-bond acceptors (Lipinski definition) is 5. The number of nitrogens with one attached hydrogen (secondary N) is 2.